The molecule has 1 fully saturated rings. The molecular weight excluding hydrogens is 224 g/mol. The average molecular weight is 254 g/mol. The molecule has 0 bridgehead atoms. The predicted octanol–water partition coefficient (Wildman–Crippen LogP) is 4.69. The molecule has 0 aliphatic carbocycles. The minimum atomic E-state index is 0.375. The van der Waals surface area contributed by atoms with Crippen LogP contribution in [0.25, 0.3) is 0 Å². The van der Waals surface area contributed by atoms with Gasteiger partial charge in [-0.1, -0.05) is 52.4 Å². The highest BCUT2D eigenvalue weighted by Gasteiger charge is 2.22. The molecule has 1 rings (SSSR count). The van der Waals surface area contributed by atoms with E-state index in [1.807, 2.05) is 6.26 Å². The first-order valence-electron chi connectivity index (χ1n) is 7.67. The number of hydrogen-bond acceptors (Lipinski definition) is 2. The van der Waals surface area contributed by atoms with Crippen LogP contribution in [0.4, 0.5) is 0 Å². The Morgan fingerprint density at radius 2 is 1.78 bits per heavy atom. The summed E-state index contributed by atoms with van der Waals surface area (Å²) in [6.45, 7) is 6.23. The highest BCUT2D eigenvalue weighted by molar-refractivity contribution is 4.75. The second-order valence-corrected chi connectivity index (χ2v) is 5.75. The maximum Gasteiger partial charge on any atom is 0.116 e. The zero-order valence-corrected chi connectivity index (χ0v) is 12.2. The number of rotatable bonds is 12. The molecule has 106 valence electrons. The highest BCUT2D eigenvalue weighted by atomic mass is 16.6. The summed E-state index contributed by atoms with van der Waals surface area (Å²) < 4.78 is 10.4. The van der Waals surface area contributed by atoms with Crippen LogP contribution in [0.3, 0.4) is 0 Å². The molecule has 0 saturated carbocycles. The molecule has 0 radical (unpaired) electrons. The van der Waals surface area contributed by atoms with Crippen LogP contribution in [0.1, 0.15) is 65.2 Å². The molecule has 0 amide bonds. The minimum absolute atomic E-state index is 0.375. The summed E-state index contributed by atoms with van der Waals surface area (Å²) in [4.78, 5) is 0. The van der Waals surface area contributed by atoms with Crippen molar-refractivity contribution in [1.29, 1.82) is 0 Å². The maximum absolute atomic E-state index is 5.33. The number of unbranched alkanes of at least 4 members (excludes halogenated alkanes) is 6. The molecular formula is C16H30O2. The molecule has 0 N–H and O–H groups in total. The first kappa shape index (κ1) is 15.6. The lowest BCUT2D eigenvalue weighted by Crippen LogP contribution is -1.95. The Balaban J connectivity index is 1.69. The van der Waals surface area contributed by atoms with Crippen LogP contribution in [0.15, 0.2) is 12.3 Å². The Morgan fingerprint density at radius 3 is 2.44 bits per heavy atom. The minimum Gasteiger partial charge on any atom is -0.499 e. The van der Waals surface area contributed by atoms with Gasteiger partial charge in [0.15, 0.2) is 0 Å². The molecule has 0 aromatic heterocycles. The van der Waals surface area contributed by atoms with E-state index in [0.717, 1.165) is 25.6 Å². The number of epoxide rings is 1. The molecule has 0 aromatic rings. The van der Waals surface area contributed by atoms with Gasteiger partial charge in [-0.3, -0.25) is 0 Å². The van der Waals surface area contributed by atoms with Crippen molar-refractivity contribution in [3.63, 3.8) is 0 Å². The second kappa shape index (κ2) is 10.4. The van der Waals surface area contributed by atoms with Gasteiger partial charge in [0.1, 0.15) is 12.7 Å². The van der Waals surface area contributed by atoms with Gasteiger partial charge < -0.3 is 9.47 Å². The number of allylic oxidation sites excluding steroid dienone is 1. The third kappa shape index (κ3) is 10.6. The summed E-state index contributed by atoms with van der Waals surface area (Å²) in [7, 11) is 0. The van der Waals surface area contributed by atoms with Crippen LogP contribution >= 0.6 is 0 Å². The third-order valence-corrected chi connectivity index (χ3v) is 3.28. The summed E-state index contributed by atoms with van der Waals surface area (Å²) >= 11 is 0. The Bertz CT molecular complexity index is 207. The Kier molecular flexibility index (Phi) is 9.01. The van der Waals surface area contributed by atoms with E-state index in [2.05, 4.69) is 19.9 Å². The number of ether oxygens (including phenoxy) is 2. The van der Waals surface area contributed by atoms with Crippen molar-refractivity contribution in [3.05, 3.63) is 12.3 Å². The lowest BCUT2D eigenvalue weighted by Gasteiger charge is -2.03. The summed E-state index contributed by atoms with van der Waals surface area (Å²) in [5.74, 6) is 0.871. The molecule has 1 saturated heterocycles. The van der Waals surface area contributed by atoms with Crippen molar-refractivity contribution < 1.29 is 9.47 Å². The fourth-order valence-corrected chi connectivity index (χ4v) is 1.99. The third-order valence-electron chi connectivity index (χ3n) is 3.28. The zero-order chi connectivity index (χ0) is 13.1. The summed E-state index contributed by atoms with van der Waals surface area (Å²) in [5, 5.41) is 0. The largest absolute Gasteiger partial charge is 0.499 e. The van der Waals surface area contributed by atoms with Gasteiger partial charge in [0.05, 0.1) is 12.9 Å². The normalized spacial score (nSPS) is 18.7. The molecule has 1 atom stereocenters. The van der Waals surface area contributed by atoms with Crippen LogP contribution in [-0.4, -0.2) is 19.3 Å². The number of hydrogen-bond donors (Lipinski definition) is 0. The lowest BCUT2D eigenvalue weighted by molar-refractivity contribution is 0.211. The van der Waals surface area contributed by atoms with E-state index < -0.39 is 0 Å². The van der Waals surface area contributed by atoms with Gasteiger partial charge in [-0.2, -0.15) is 0 Å². The highest BCUT2D eigenvalue weighted by Crippen LogP contribution is 2.12. The van der Waals surface area contributed by atoms with E-state index in [0.29, 0.717) is 6.10 Å². The topological polar surface area (TPSA) is 21.8 Å². The standard InChI is InChI=1S/C16H30O2/c1-15(2)11-9-7-5-3-4-6-8-10-12-17-13-16-14-18-16/h10,12,15-16H,3-9,11,13-14H2,1-2H3. The van der Waals surface area contributed by atoms with Crippen molar-refractivity contribution in [3.8, 4) is 0 Å². The van der Waals surface area contributed by atoms with Crippen molar-refractivity contribution in [1.82, 2.24) is 0 Å². The molecule has 1 unspecified atom stereocenters. The fourth-order valence-electron chi connectivity index (χ4n) is 1.99. The lowest BCUT2D eigenvalue weighted by atomic mass is 10.0. The molecule has 1 heterocycles. The molecule has 1 aliphatic heterocycles. The summed E-state index contributed by atoms with van der Waals surface area (Å²) in [6.07, 6.45) is 15.2. The SMILES string of the molecule is CC(C)CCCCCCCCC=COCC1CO1. The van der Waals surface area contributed by atoms with Gasteiger partial charge in [-0.05, 0) is 24.8 Å². The van der Waals surface area contributed by atoms with Gasteiger partial charge in [0, 0.05) is 0 Å². The predicted molar refractivity (Wildman–Crippen MR) is 76.6 cm³/mol. The van der Waals surface area contributed by atoms with Crippen molar-refractivity contribution >= 4 is 0 Å². The molecule has 1 aliphatic rings. The Labute approximate surface area is 113 Å². The Hall–Kier alpha value is -0.500. The summed E-state index contributed by atoms with van der Waals surface area (Å²) in [6, 6.07) is 0. The van der Waals surface area contributed by atoms with Gasteiger partial charge >= 0.3 is 0 Å². The monoisotopic (exact) mass is 254 g/mol. The smallest absolute Gasteiger partial charge is 0.116 e. The van der Waals surface area contributed by atoms with Crippen LogP contribution in [-0.2, 0) is 9.47 Å². The first-order valence-corrected chi connectivity index (χ1v) is 7.67. The first-order chi connectivity index (χ1) is 8.79. The summed E-state index contributed by atoms with van der Waals surface area (Å²) in [5.41, 5.74) is 0. The van der Waals surface area contributed by atoms with E-state index in [9.17, 15) is 0 Å². The van der Waals surface area contributed by atoms with Gasteiger partial charge in [0.2, 0.25) is 0 Å². The van der Waals surface area contributed by atoms with Gasteiger partial charge in [-0.25, -0.2) is 0 Å². The van der Waals surface area contributed by atoms with E-state index in [-0.39, 0.29) is 0 Å². The zero-order valence-electron chi connectivity index (χ0n) is 12.2. The molecule has 18 heavy (non-hydrogen) atoms. The van der Waals surface area contributed by atoms with E-state index in [1.165, 1.54) is 44.9 Å². The van der Waals surface area contributed by atoms with Gasteiger partial charge in [-0.15, -0.1) is 0 Å². The fraction of sp³-hybridized carbons (Fsp3) is 0.875. The maximum atomic E-state index is 5.33. The second-order valence-electron chi connectivity index (χ2n) is 5.75. The van der Waals surface area contributed by atoms with Crippen LogP contribution in [0.5, 0.6) is 0 Å². The molecule has 2 nitrogen and oxygen atoms in total. The van der Waals surface area contributed by atoms with E-state index in [4.69, 9.17) is 9.47 Å². The van der Waals surface area contributed by atoms with Crippen LogP contribution in [0.2, 0.25) is 0 Å². The van der Waals surface area contributed by atoms with Gasteiger partial charge in [0.25, 0.3) is 0 Å². The molecule has 0 spiro atoms. The van der Waals surface area contributed by atoms with Crippen molar-refractivity contribution in [2.24, 2.45) is 5.92 Å². The van der Waals surface area contributed by atoms with E-state index >= 15 is 0 Å². The average Bonchev–Trinajstić information content (AvgIpc) is 3.14. The van der Waals surface area contributed by atoms with Crippen molar-refractivity contribution in [2.75, 3.05) is 13.2 Å². The van der Waals surface area contributed by atoms with Crippen LogP contribution < -0.4 is 0 Å². The van der Waals surface area contributed by atoms with E-state index in [1.54, 1.807) is 0 Å². The molecule has 2 heteroatoms. The van der Waals surface area contributed by atoms with Crippen molar-refractivity contribution in [2.45, 2.75) is 71.3 Å². The Morgan fingerprint density at radius 1 is 1.11 bits per heavy atom. The quantitative estimate of drug-likeness (QED) is 0.286. The van der Waals surface area contributed by atoms with Crippen LogP contribution in [0, 0.1) is 5.92 Å². The molecule has 0 aromatic carbocycles.